The maximum atomic E-state index is 5.33. The Kier molecular flexibility index (Phi) is 2.45. The molecule has 2 N–H and O–H groups in total. The zero-order valence-electron chi connectivity index (χ0n) is 6.13. The van der Waals surface area contributed by atoms with Crippen molar-refractivity contribution in [1.82, 2.24) is 4.98 Å². The molecule has 1 aromatic rings. The first-order valence-corrected chi connectivity index (χ1v) is 3.50. The SMILES string of the molecule is CCc1nc(CCN)co1. The molecule has 1 heterocycles. The minimum atomic E-state index is 0.635. The number of aryl methyl sites for hydroxylation is 1. The van der Waals surface area contributed by atoms with Crippen LogP contribution >= 0.6 is 0 Å². The van der Waals surface area contributed by atoms with Crippen LogP contribution in [0.3, 0.4) is 0 Å². The predicted octanol–water partition coefficient (Wildman–Crippen LogP) is 0.738. The summed E-state index contributed by atoms with van der Waals surface area (Å²) in [4.78, 5) is 4.17. The van der Waals surface area contributed by atoms with E-state index in [1.54, 1.807) is 6.26 Å². The number of hydrogen-bond donors (Lipinski definition) is 1. The Morgan fingerprint density at radius 1 is 1.70 bits per heavy atom. The Labute approximate surface area is 60.2 Å². The van der Waals surface area contributed by atoms with Crippen molar-refractivity contribution < 1.29 is 4.42 Å². The molecule has 0 aliphatic carbocycles. The Morgan fingerprint density at radius 3 is 3.00 bits per heavy atom. The normalized spacial score (nSPS) is 10.2. The lowest BCUT2D eigenvalue weighted by Crippen LogP contribution is -2.02. The first-order chi connectivity index (χ1) is 4.86. The van der Waals surface area contributed by atoms with Gasteiger partial charge in [0, 0.05) is 12.8 Å². The summed E-state index contributed by atoms with van der Waals surface area (Å²) in [6.07, 6.45) is 3.33. The maximum absolute atomic E-state index is 5.33. The molecule has 0 aliphatic rings. The van der Waals surface area contributed by atoms with E-state index in [2.05, 4.69) is 4.98 Å². The van der Waals surface area contributed by atoms with Crippen molar-refractivity contribution in [1.29, 1.82) is 0 Å². The molecule has 56 valence electrons. The van der Waals surface area contributed by atoms with Gasteiger partial charge in [0.05, 0.1) is 5.69 Å². The average Bonchev–Trinajstić information content (AvgIpc) is 2.37. The van der Waals surface area contributed by atoms with Crippen molar-refractivity contribution in [3.05, 3.63) is 17.8 Å². The van der Waals surface area contributed by atoms with Gasteiger partial charge in [0.15, 0.2) is 5.89 Å². The van der Waals surface area contributed by atoms with Crippen molar-refractivity contribution >= 4 is 0 Å². The minimum absolute atomic E-state index is 0.635. The summed E-state index contributed by atoms with van der Waals surface area (Å²) < 4.78 is 5.10. The minimum Gasteiger partial charge on any atom is -0.449 e. The lowest BCUT2D eigenvalue weighted by atomic mass is 10.3. The van der Waals surface area contributed by atoms with Gasteiger partial charge in [-0.15, -0.1) is 0 Å². The van der Waals surface area contributed by atoms with Gasteiger partial charge in [-0.1, -0.05) is 6.92 Å². The first-order valence-electron chi connectivity index (χ1n) is 3.50. The topological polar surface area (TPSA) is 52.0 Å². The molecule has 0 aromatic carbocycles. The number of oxazole rings is 1. The van der Waals surface area contributed by atoms with Crippen LogP contribution in [0.2, 0.25) is 0 Å². The molecule has 1 aromatic heterocycles. The summed E-state index contributed by atoms with van der Waals surface area (Å²) >= 11 is 0. The van der Waals surface area contributed by atoms with Gasteiger partial charge in [-0.3, -0.25) is 0 Å². The third kappa shape index (κ3) is 1.57. The van der Waals surface area contributed by atoms with Gasteiger partial charge in [0.25, 0.3) is 0 Å². The number of hydrogen-bond acceptors (Lipinski definition) is 3. The molecule has 3 nitrogen and oxygen atoms in total. The van der Waals surface area contributed by atoms with Gasteiger partial charge < -0.3 is 10.2 Å². The highest BCUT2D eigenvalue weighted by atomic mass is 16.3. The summed E-state index contributed by atoms with van der Waals surface area (Å²) in [5.41, 5.74) is 6.29. The number of nitrogens with two attached hydrogens (primary N) is 1. The molecule has 0 saturated heterocycles. The highest BCUT2D eigenvalue weighted by Gasteiger charge is 1.98. The molecule has 0 fully saturated rings. The molecular formula is C7H12N2O. The van der Waals surface area contributed by atoms with Crippen LogP contribution in [0, 0.1) is 0 Å². The van der Waals surface area contributed by atoms with E-state index < -0.39 is 0 Å². The Balaban J connectivity index is 2.59. The second-order valence-electron chi connectivity index (χ2n) is 2.12. The Morgan fingerprint density at radius 2 is 2.50 bits per heavy atom. The molecule has 0 radical (unpaired) electrons. The summed E-state index contributed by atoms with van der Waals surface area (Å²) in [7, 11) is 0. The van der Waals surface area contributed by atoms with Crippen molar-refractivity contribution in [2.75, 3.05) is 6.54 Å². The first kappa shape index (κ1) is 7.28. The van der Waals surface area contributed by atoms with Crippen molar-refractivity contribution in [2.45, 2.75) is 19.8 Å². The molecule has 0 unspecified atom stereocenters. The molecular weight excluding hydrogens is 128 g/mol. The van der Waals surface area contributed by atoms with Crippen LogP contribution in [0.15, 0.2) is 10.7 Å². The van der Waals surface area contributed by atoms with E-state index in [0.29, 0.717) is 6.54 Å². The standard InChI is InChI=1S/C7H12N2O/c1-2-7-9-6(3-4-8)5-10-7/h5H,2-4,8H2,1H3. The lowest BCUT2D eigenvalue weighted by molar-refractivity contribution is 0.501. The lowest BCUT2D eigenvalue weighted by Gasteiger charge is -1.85. The quantitative estimate of drug-likeness (QED) is 0.673. The molecule has 0 amide bonds. The van der Waals surface area contributed by atoms with Crippen LogP contribution in [-0.2, 0) is 12.8 Å². The van der Waals surface area contributed by atoms with Crippen molar-refractivity contribution in [2.24, 2.45) is 5.73 Å². The van der Waals surface area contributed by atoms with Crippen LogP contribution in [0.4, 0.5) is 0 Å². The van der Waals surface area contributed by atoms with Crippen LogP contribution in [0.1, 0.15) is 18.5 Å². The van der Waals surface area contributed by atoms with Gasteiger partial charge in [-0.2, -0.15) is 0 Å². The molecule has 1 rings (SSSR count). The monoisotopic (exact) mass is 140 g/mol. The van der Waals surface area contributed by atoms with Crippen LogP contribution in [-0.4, -0.2) is 11.5 Å². The number of rotatable bonds is 3. The third-order valence-electron chi connectivity index (χ3n) is 1.30. The fraction of sp³-hybridized carbons (Fsp3) is 0.571. The zero-order chi connectivity index (χ0) is 7.40. The zero-order valence-corrected chi connectivity index (χ0v) is 6.13. The molecule has 0 spiro atoms. The van der Waals surface area contributed by atoms with E-state index in [1.807, 2.05) is 6.92 Å². The molecule has 0 bridgehead atoms. The summed E-state index contributed by atoms with van der Waals surface area (Å²) in [6, 6.07) is 0. The third-order valence-corrected chi connectivity index (χ3v) is 1.30. The van der Waals surface area contributed by atoms with E-state index in [4.69, 9.17) is 10.2 Å². The number of aromatic nitrogens is 1. The Hall–Kier alpha value is -0.830. The van der Waals surface area contributed by atoms with Gasteiger partial charge in [-0.05, 0) is 6.54 Å². The largest absolute Gasteiger partial charge is 0.449 e. The van der Waals surface area contributed by atoms with Crippen molar-refractivity contribution in [3.8, 4) is 0 Å². The van der Waals surface area contributed by atoms with Crippen molar-refractivity contribution in [3.63, 3.8) is 0 Å². The van der Waals surface area contributed by atoms with E-state index in [1.165, 1.54) is 0 Å². The van der Waals surface area contributed by atoms with Gasteiger partial charge >= 0.3 is 0 Å². The predicted molar refractivity (Wildman–Crippen MR) is 38.6 cm³/mol. The van der Waals surface area contributed by atoms with Crippen LogP contribution in [0.25, 0.3) is 0 Å². The van der Waals surface area contributed by atoms with E-state index >= 15 is 0 Å². The van der Waals surface area contributed by atoms with E-state index in [0.717, 1.165) is 24.4 Å². The second kappa shape index (κ2) is 3.37. The molecule has 3 heteroatoms. The smallest absolute Gasteiger partial charge is 0.193 e. The second-order valence-corrected chi connectivity index (χ2v) is 2.12. The highest BCUT2D eigenvalue weighted by molar-refractivity contribution is 4.96. The average molecular weight is 140 g/mol. The van der Waals surface area contributed by atoms with Crippen LogP contribution < -0.4 is 5.73 Å². The summed E-state index contributed by atoms with van der Waals surface area (Å²) in [5, 5.41) is 0. The maximum Gasteiger partial charge on any atom is 0.193 e. The Bertz CT molecular complexity index is 195. The van der Waals surface area contributed by atoms with Crippen LogP contribution in [0.5, 0.6) is 0 Å². The number of nitrogens with zero attached hydrogens (tertiary/aromatic N) is 1. The van der Waals surface area contributed by atoms with Gasteiger partial charge in [0.1, 0.15) is 6.26 Å². The van der Waals surface area contributed by atoms with E-state index in [9.17, 15) is 0 Å². The fourth-order valence-electron chi connectivity index (χ4n) is 0.774. The highest BCUT2D eigenvalue weighted by Crippen LogP contribution is 2.01. The van der Waals surface area contributed by atoms with E-state index in [-0.39, 0.29) is 0 Å². The molecule has 0 atom stereocenters. The van der Waals surface area contributed by atoms with Gasteiger partial charge in [-0.25, -0.2) is 4.98 Å². The molecule has 10 heavy (non-hydrogen) atoms. The fourth-order valence-corrected chi connectivity index (χ4v) is 0.774. The molecule has 0 saturated carbocycles. The van der Waals surface area contributed by atoms with Gasteiger partial charge in [0.2, 0.25) is 0 Å². The summed E-state index contributed by atoms with van der Waals surface area (Å²) in [5.74, 6) is 0.795. The molecule has 0 aliphatic heterocycles. The summed E-state index contributed by atoms with van der Waals surface area (Å²) in [6.45, 7) is 2.65.